The average molecular weight is 520 g/mol. The molecule has 1 atom stereocenters. The molecule has 0 aliphatic heterocycles. The van der Waals surface area contributed by atoms with Crippen molar-refractivity contribution in [3.63, 3.8) is 0 Å². The van der Waals surface area contributed by atoms with E-state index in [4.69, 9.17) is 39.5 Å². The number of nitrogens with one attached hydrogen (secondary N) is 1. The lowest BCUT2D eigenvalue weighted by atomic mass is 10.0. The maximum Gasteiger partial charge on any atom is 0.261 e. The first-order chi connectivity index (χ1) is 16.4. The van der Waals surface area contributed by atoms with Crippen molar-refractivity contribution in [2.24, 2.45) is 0 Å². The van der Waals surface area contributed by atoms with E-state index in [-0.39, 0.29) is 25.0 Å². The second kappa shape index (κ2) is 12.7. The molecule has 0 aliphatic carbocycles. The largest absolute Gasteiger partial charge is 0.482 e. The number of hydrogen-bond donors (Lipinski definition) is 1. The van der Waals surface area contributed by atoms with Crippen molar-refractivity contribution >= 4 is 46.6 Å². The van der Waals surface area contributed by atoms with Crippen molar-refractivity contribution in [2.75, 3.05) is 13.2 Å². The fourth-order valence-corrected chi connectivity index (χ4v) is 4.12. The summed E-state index contributed by atoms with van der Waals surface area (Å²) in [4.78, 5) is 28.1. The lowest BCUT2D eigenvalue weighted by Gasteiger charge is -2.31. The number of carbonyl (C=O) groups is 2. The van der Waals surface area contributed by atoms with Gasteiger partial charge in [0.15, 0.2) is 6.61 Å². The summed E-state index contributed by atoms with van der Waals surface area (Å²) in [6.07, 6.45) is 0.329. The Bertz CT molecular complexity index is 1130. The quantitative estimate of drug-likeness (QED) is 0.368. The first-order valence-electron chi connectivity index (χ1n) is 10.8. The predicted octanol–water partition coefficient (Wildman–Crippen LogP) is 5.80. The fraction of sp³-hybridized carbons (Fsp3) is 0.231. The third-order valence-corrected chi connectivity index (χ3v) is 6.06. The van der Waals surface area contributed by atoms with Gasteiger partial charge in [-0.1, -0.05) is 83.3 Å². The van der Waals surface area contributed by atoms with Gasteiger partial charge in [-0.3, -0.25) is 9.59 Å². The summed E-state index contributed by atoms with van der Waals surface area (Å²) in [5.74, 6) is -0.250. The van der Waals surface area contributed by atoms with Gasteiger partial charge in [-0.15, -0.1) is 0 Å². The summed E-state index contributed by atoms with van der Waals surface area (Å²) in [5.41, 5.74) is 1.59. The molecule has 0 heterocycles. The van der Waals surface area contributed by atoms with E-state index < -0.39 is 6.04 Å². The SMILES string of the molecule is CCNC(=O)C(Cc1ccccc1)N(Cc1ccc(Cl)cc1Cl)C(=O)COc1ccccc1Cl. The van der Waals surface area contributed by atoms with Crippen LogP contribution in [0.25, 0.3) is 0 Å². The van der Waals surface area contributed by atoms with Crippen LogP contribution in [0.1, 0.15) is 18.1 Å². The van der Waals surface area contributed by atoms with Crippen LogP contribution in [0.5, 0.6) is 5.75 Å². The van der Waals surface area contributed by atoms with Gasteiger partial charge >= 0.3 is 0 Å². The summed E-state index contributed by atoms with van der Waals surface area (Å²) in [6, 6.07) is 20.7. The minimum absolute atomic E-state index is 0.106. The summed E-state index contributed by atoms with van der Waals surface area (Å²) < 4.78 is 5.70. The van der Waals surface area contributed by atoms with Crippen LogP contribution in [-0.2, 0) is 22.6 Å². The highest BCUT2D eigenvalue weighted by Gasteiger charge is 2.31. The summed E-state index contributed by atoms with van der Waals surface area (Å²) in [5, 5.41) is 4.13. The van der Waals surface area contributed by atoms with Crippen LogP contribution in [0.3, 0.4) is 0 Å². The Balaban J connectivity index is 1.93. The van der Waals surface area contributed by atoms with Gasteiger partial charge in [0.2, 0.25) is 5.91 Å². The summed E-state index contributed by atoms with van der Waals surface area (Å²) in [6.45, 7) is 2.08. The summed E-state index contributed by atoms with van der Waals surface area (Å²) in [7, 11) is 0. The van der Waals surface area contributed by atoms with E-state index in [0.29, 0.717) is 39.3 Å². The molecule has 1 N–H and O–H groups in total. The van der Waals surface area contributed by atoms with Crippen LogP contribution in [0.2, 0.25) is 15.1 Å². The van der Waals surface area contributed by atoms with Crippen molar-refractivity contribution in [1.29, 1.82) is 0 Å². The Hall–Kier alpha value is -2.73. The molecule has 1 unspecified atom stereocenters. The Morgan fingerprint density at radius 1 is 0.941 bits per heavy atom. The number of likely N-dealkylation sites (N-methyl/N-ethyl adjacent to an activating group) is 1. The molecule has 3 aromatic rings. The van der Waals surface area contributed by atoms with E-state index in [1.54, 1.807) is 42.5 Å². The number of nitrogens with zero attached hydrogens (tertiary/aromatic N) is 1. The van der Waals surface area contributed by atoms with Gasteiger partial charge in [0.1, 0.15) is 11.8 Å². The summed E-state index contributed by atoms with van der Waals surface area (Å²) >= 11 is 18.6. The molecule has 0 radical (unpaired) electrons. The zero-order chi connectivity index (χ0) is 24.5. The van der Waals surface area contributed by atoms with Gasteiger partial charge in [-0.2, -0.15) is 0 Å². The van der Waals surface area contributed by atoms with E-state index in [1.807, 2.05) is 37.3 Å². The van der Waals surface area contributed by atoms with Crippen LogP contribution in [0.15, 0.2) is 72.8 Å². The van der Waals surface area contributed by atoms with E-state index in [9.17, 15) is 9.59 Å². The van der Waals surface area contributed by atoms with Gasteiger partial charge in [0.25, 0.3) is 5.91 Å². The molecule has 5 nitrogen and oxygen atoms in total. The molecule has 0 saturated carbocycles. The highest BCUT2D eigenvalue weighted by Crippen LogP contribution is 2.26. The van der Waals surface area contributed by atoms with Crippen LogP contribution in [-0.4, -0.2) is 35.9 Å². The highest BCUT2D eigenvalue weighted by atomic mass is 35.5. The molecule has 0 bridgehead atoms. The molecule has 0 aliphatic rings. The van der Waals surface area contributed by atoms with Gasteiger partial charge in [-0.05, 0) is 42.3 Å². The molecule has 0 fully saturated rings. The van der Waals surface area contributed by atoms with Crippen molar-refractivity contribution in [3.05, 3.63) is 99.0 Å². The van der Waals surface area contributed by atoms with Crippen LogP contribution >= 0.6 is 34.8 Å². The second-order valence-electron chi connectivity index (χ2n) is 7.58. The van der Waals surface area contributed by atoms with Gasteiger partial charge in [-0.25, -0.2) is 0 Å². The Morgan fingerprint density at radius 2 is 1.65 bits per heavy atom. The van der Waals surface area contributed by atoms with Gasteiger partial charge in [0.05, 0.1) is 5.02 Å². The maximum atomic E-state index is 13.5. The zero-order valence-electron chi connectivity index (χ0n) is 18.6. The average Bonchev–Trinajstić information content (AvgIpc) is 2.82. The second-order valence-corrected chi connectivity index (χ2v) is 8.83. The number of carbonyl (C=O) groups excluding carboxylic acids is 2. The first kappa shape index (κ1) is 25.9. The Kier molecular flexibility index (Phi) is 9.63. The molecule has 2 amide bonds. The number of benzene rings is 3. The Morgan fingerprint density at radius 3 is 2.32 bits per heavy atom. The molecular formula is C26H25Cl3N2O3. The van der Waals surface area contributed by atoms with Crippen LogP contribution in [0.4, 0.5) is 0 Å². The molecule has 34 heavy (non-hydrogen) atoms. The predicted molar refractivity (Wildman–Crippen MR) is 137 cm³/mol. The molecule has 3 rings (SSSR count). The minimum Gasteiger partial charge on any atom is -0.482 e. The monoisotopic (exact) mass is 518 g/mol. The number of rotatable bonds is 10. The topological polar surface area (TPSA) is 58.6 Å². The van der Waals surface area contributed by atoms with Crippen LogP contribution < -0.4 is 10.1 Å². The standard InChI is InChI=1S/C26H25Cl3N2O3/c1-2-30-26(33)23(14-18-8-4-3-5-9-18)31(16-19-12-13-20(27)15-22(19)29)25(32)17-34-24-11-7-6-10-21(24)28/h3-13,15,23H,2,14,16-17H2,1H3,(H,30,33). The molecule has 8 heteroatoms. The Labute approximate surface area is 214 Å². The zero-order valence-corrected chi connectivity index (χ0v) is 20.9. The molecule has 178 valence electrons. The molecule has 0 aromatic heterocycles. The van der Waals surface area contributed by atoms with Crippen molar-refractivity contribution in [2.45, 2.75) is 25.9 Å². The first-order valence-corrected chi connectivity index (χ1v) is 11.9. The van der Waals surface area contributed by atoms with Crippen LogP contribution in [0, 0.1) is 0 Å². The minimum atomic E-state index is -0.781. The molecule has 3 aromatic carbocycles. The number of amides is 2. The molecule has 0 spiro atoms. The van der Waals surface area contributed by atoms with Gasteiger partial charge in [0, 0.05) is 29.6 Å². The lowest BCUT2D eigenvalue weighted by molar-refractivity contribution is -0.142. The number of para-hydroxylation sites is 1. The third-order valence-electron chi connectivity index (χ3n) is 5.17. The fourth-order valence-electron chi connectivity index (χ4n) is 3.46. The number of halogens is 3. The molecular weight excluding hydrogens is 495 g/mol. The third kappa shape index (κ3) is 7.13. The van der Waals surface area contributed by atoms with Crippen molar-refractivity contribution in [1.82, 2.24) is 10.2 Å². The highest BCUT2D eigenvalue weighted by molar-refractivity contribution is 6.35. The smallest absolute Gasteiger partial charge is 0.261 e. The van der Waals surface area contributed by atoms with E-state index in [2.05, 4.69) is 5.32 Å². The normalized spacial score (nSPS) is 11.5. The van der Waals surface area contributed by atoms with Crippen molar-refractivity contribution < 1.29 is 14.3 Å². The van der Waals surface area contributed by atoms with E-state index >= 15 is 0 Å². The molecule has 0 saturated heterocycles. The van der Waals surface area contributed by atoms with Gasteiger partial charge < -0.3 is 15.0 Å². The van der Waals surface area contributed by atoms with E-state index in [0.717, 1.165) is 5.56 Å². The van der Waals surface area contributed by atoms with E-state index in [1.165, 1.54) is 4.90 Å². The van der Waals surface area contributed by atoms with Crippen molar-refractivity contribution in [3.8, 4) is 5.75 Å². The lowest BCUT2D eigenvalue weighted by Crippen LogP contribution is -2.51. The number of hydrogen-bond acceptors (Lipinski definition) is 3. The number of ether oxygens (including phenoxy) is 1. The maximum absolute atomic E-state index is 13.5.